The molecule has 3 aliphatic rings. The molecule has 3 aliphatic carbocycles. The van der Waals surface area contributed by atoms with Crippen LogP contribution in [0.3, 0.4) is 0 Å². The van der Waals surface area contributed by atoms with Crippen molar-refractivity contribution in [2.75, 3.05) is 11.9 Å². The average molecular weight is 426 g/mol. The van der Waals surface area contributed by atoms with Crippen LogP contribution in [0.5, 0.6) is 0 Å². The van der Waals surface area contributed by atoms with Crippen molar-refractivity contribution in [2.24, 2.45) is 11.8 Å². The third-order valence-corrected chi connectivity index (χ3v) is 6.16. The normalized spacial score (nSPS) is 21.7. The van der Waals surface area contributed by atoms with E-state index in [1.807, 2.05) is 30.4 Å². The maximum Gasteiger partial charge on any atom is 0.149 e. The Bertz CT molecular complexity index is 1190. The molecule has 160 valence electrons. The molecule has 2 heterocycles. The maximum absolute atomic E-state index is 13.6. The molecule has 32 heavy (non-hydrogen) atoms. The smallest absolute Gasteiger partial charge is 0.149 e. The lowest BCUT2D eigenvalue weighted by molar-refractivity contribution is 0.314. The fourth-order valence-corrected chi connectivity index (χ4v) is 4.26. The molecule has 0 aromatic carbocycles. The van der Waals surface area contributed by atoms with Gasteiger partial charge in [0.2, 0.25) is 0 Å². The van der Waals surface area contributed by atoms with E-state index in [0.717, 1.165) is 28.8 Å². The number of alkyl halides is 1. The van der Waals surface area contributed by atoms with E-state index in [2.05, 4.69) is 38.4 Å². The minimum Gasteiger partial charge on any atom is -0.368 e. The molecular formula is C26H24FN5. The molecule has 2 aromatic heterocycles. The second-order valence-corrected chi connectivity index (χ2v) is 8.43. The Morgan fingerprint density at radius 2 is 2.16 bits per heavy atom. The first kappa shape index (κ1) is 20.3. The van der Waals surface area contributed by atoms with Crippen LogP contribution in [0, 0.1) is 29.1 Å². The number of rotatable bonds is 8. The van der Waals surface area contributed by atoms with Gasteiger partial charge in [-0.25, -0.2) is 4.39 Å². The zero-order valence-electron chi connectivity index (χ0n) is 17.7. The van der Waals surface area contributed by atoms with Gasteiger partial charge in [-0.3, -0.25) is 4.98 Å². The molecule has 2 aromatic rings. The van der Waals surface area contributed by atoms with E-state index in [0.29, 0.717) is 37.5 Å². The first-order chi connectivity index (χ1) is 15.7. The lowest BCUT2D eigenvalue weighted by Gasteiger charge is -2.19. The van der Waals surface area contributed by atoms with Crippen molar-refractivity contribution in [3.05, 3.63) is 65.7 Å². The molecule has 0 saturated heterocycles. The predicted molar refractivity (Wildman–Crippen MR) is 125 cm³/mol. The Balaban J connectivity index is 1.34. The Hall–Kier alpha value is -3.59. The van der Waals surface area contributed by atoms with Crippen molar-refractivity contribution in [1.29, 1.82) is 5.41 Å². The van der Waals surface area contributed by atoms with Gasteiger partial charge in [0.05, 0.1) is 5.69 Å². The van der Waals surface area contributed by atoms with E-state index in [9.17, 15) is 4.39 Å². The predicted octanol–water partition coefficient (Wildman–Crippen LogP) is 5.01. The van der Waals surface area contributed by atoms with Crippen LogP contribution < -0.4 is 5.32 Å². The highest BCUT2D eigenvalue weighted by Gasteiger charge is 2.29. The van der Waals surface area contributed by atoms with Gasteiger partial charge in [0.25, 0.3) is 0 Å². The molecule has 5 rings (SSSR count). The summed E-state index contributed by atoms with van der Waals surface area (Å²) < 4.78 is 13.6. The highest BCUT2D eigenvalue weighted by molar-refractivity contribution is 5.80. The summed E-state index contributed by atoms with van der Waals surface area (Å²) in [4.78, 5) is 4.12. The molecule has 6 heteroatoms. The number of anilines is 1. The Morgan fingerprint density at radius 3 is 2.94 bits per heavy atom. The van der Waals surface area contributed by atoms with E-state index in [-0.39, 0.29) is 5.92 Å². The average Bonchev–Trinajstić information content (AvgIpc) is 3.64. The maximum atomic E-state index is 13.6. The van der Waals surface area contributed by atoms with Crippen LogP contribution in [-0.2, 0) is 0 Å². The molecular weight excluding hydrogens is 401 g/mol. The summed E-state index contributed by atoms with van der Waals surface area (Å²) in [5.41, 5.74) is 6.29. The van der Waals surface area contributed by atoms with Gasteiger partial charge in [-0.2, -0.15) is 0 Å². The molecule has 0 fully saturated rings. The quantitative estimate of drug-likeness (QED) is 0.460. The molecule has 0 saturated carbocycles. The van der Waals surface area contributed by atoms with Crippen molar-refractivity contribution >= 4 is 17.6 Å². The summed E-state index contributed by atoms with van der Waals surface area (Å²) in [6.45, 7) is 0.590. The van der Waals surface area contributed by atoms with Crippen LogP contribution in [0.4, 0.5) is 10.2 Å². The Morgan fingerprint density at radius 1 is 1.28 bits per heavy atom. The van der Waals surface area contributed by atoms with Gasteiger partial charge in [0, 0.05) is 48.1 Å². The minimum absolute atomic E-state index is 0.0461. The summed E-state index contributed by atoms with van der Waals surface area (Å²) in [6.07, 6.45) is 12.7. The lowest BCUT2D eigenvalue weighted by atomic mass is 9.92. The molecule has 0 bridgehead atoms. The van der Waals surface area contributed by atoms with Gasteiger partial charge >= 0.3 is 0 Å². The number of fused-ring (bicyclic) bond motifs is 1. The number of halogens is 1. The van der Waals surface area contributed by atoms with Crippen LogP contribution in [0.1, 0.15) is 31.4 Å². The Labute approximate surface area is 187 Å². The van der Waals surface area contributed by atoms with Crippen molar-refractivity contribution in [1.82, 2.24) is 15.2 Å². The minimum atomic E-state index is -0.776. The van der Waals surface area contributed by atoms with E-state index in [1.54, 1.807) is 12.4 Å². The zero-order valence-corrected chi connectivity index (χ0v) is 17.7. The first-order valence-electron chi connectivity index (χ1n) is 11.0. The first-order valence-corrected chi connectivity index (χ1v) is 11.0. The van der Waals surface area contributed by atoms with Crippen molar-refractivity contribution < 1.29 is 4.39 Å². The van der Waals surface area contributed by atoms with Crippen LogP contribution >= 0.6 is 0 Å². The largest absolute Gasteiger partial charge is 0.368 e. The molecule has 0 aliphatic heterocycles. The second kappa shape index (κ2) is 8.88. The van der Waals surface area contributed by atoms with Crippen LogP contribution in [-0.4, -0.2) is 34.1 Å². The number of nitrogens with one attached hydrogen (secondary N) is 2. The van der Waals surface area contributed by atoms with Gasteiger partial charge in [-0.15, -0.1) is 10.2 Å². The highest BCUT2D eigenvalue weighted by Crippen LogP contribution is 2.39. The third kappa shape index (κ3) is 4.38. The van der Waals surface area contributed by atoms with Crippen molar-refractivity contribution in [2.45, 2.75) is 31.9 Å². The summed E-state index contributed by atoms with van der Waals surface area (Å²) in [7, 11) is 0. The third-order valence-electron chi connectivity index (χ3n) is 6.16. The number of allylic oxidation sites excluding steroid dienone is 6. The highest BCUT2D eigenvalue weighted by atomic mass is 19.1. The monoisotopic (exact) mass is 425 g/mol. The van der Waals surface area contributed by atoms with E-state index in [1.165, 1.54) is 17.4 Å². The fraction of sp³-hybridized carbons (Fsp3) is 0.308. The summed E-state index contributed by atoms with van der Waals surface area (Å²) >= 11 is 0. The van der Waals surface area contributed by atoms with Gasteiger partial charge in [0.15, 0.2) is 0 Å². The molecule has 3 unspecified atom stereocenters. The summed E-state index contributed by atoms with van der Waals surface area (Å²) in [5.74, 6) is 7.27. The molecule has 0 spiro atoms. The standard InChI is InChI=1S/C26H24FN5/c27-22-6-4-19(5-7-22)26-24(18-8-10-29-11-9-18)14-25(31-32-26)30-16-17(15-28)12-20-2-1-3-21-13-23(20)21/h2,4,8-11,13-15,17,22-23,28H,5-7,12,16H2,(H,30,31). The molecule has 3 atom stereocenters. The number of pyridine rings is 1. The van der Waals surface area contributed by atoms with Gasteiger partial charge in [-0.1, -0.05) is 24.0 Å². The summed E-state index contributed by atoms with van der Waals surface area (Å²) in [5, 5.41) is 20.1. The molecule has 2 N–H and O–H groups in total. The Kier molecular flexibility index (Phi) is 5.64. The fourth-order valence-electron chi connectivity index (χ4n) is 4.26. The molecule has 5 nitrogen and oxygen atoms in total. The van der Waals surface area contributed by atoms with E-state index in [4.69, 9.17) is 5.41 Å². The molecule has 0 radical (unpaired) electrons. The van der Waals surface area contributed by atoms with Gasteiger partial charge < -0.3 is 10.7 Å². The van der Waals surface area contributed by atoms with Gasteiger partial charge in [0.1, 0.15) is 12.0 Å². The SMILES string of the molecule is N=CC(CNc1cc(-c2ccncc2)c(C2=CCC(F)CC2)nn1)CC1=CC#CC2=CC21. The van der Waals surface area contributed by atoms with Crippen molar-refractivity contribution in [3.8, 4) is 23.0 Å². The van der Waals surface area contributed by atoms with Gasteiger partial charge in [-0.05, 0) is 66.7 Å². The van der Waals surface area contributed by atoms with E-state index < -0.39 is 6.17 Å². The number of hydrogen-bond donors (Lipinski definition) is 2. The van der Waals surface area contributed by atoms with E-state index >= 15 is 0 Å². The zero-order chi connectivity index (χ0) is 21.9. The summed E-state index contributed by atoms with van der Waals surface area (Å²) in [6, 6.07) is 5.89. The van der Waals surface area contributed by atoms with Crippen molar-refractivity contribution in [3.63, 3.8) is 0 Å². The second-order valence-electron chi connectivity index (χ2n) is 8.43. The lowest BCUT2D eigenvalue weighted by Crippen LogP contribution is -2.18. The van der Waals surface area contributed by atoms with Crippen LogP contribution in [0.2, 0.25) is 0 Å². The topological polar surface area (TPSA) is 74.6 Å². The molecule has 0 amide bonds. The number of nitrogens with zero attached hydrogens (tertiary/aromatic N) is 3. The van der Waals surface area contributed by atoms with Crippen LogP contribution in [0.25, 0.3) is 16.7 Å². The number of hydrogen-bond acceptors (Lipinski definition) is 5. The van der Waals surface area contributed by atoms with Crippen LogP contribution in [0.15, 0.2) is 60.0 Å². The number of aromatic nitrogens is 3.